The minimum absolute atomic E-state index is 0. The van der Waals surface area contributed by atoms with Crippen molar-refractivity contribution in [2.24, 2.45) is 5.92 Å². The first-order chi connectivity index (χ1) is 9.25. The van der Waals surface area contributed by atoms with Gasteiger partial charge < -0.3 is 0 Å². The van der Waals surface area contributed by atoms with Crippen molar-refractivity contribution in [3.63, 3.8) is 0 Å². The maximum absolute atomic E-state index is 13.8. The second kappa shape index (κ2) is 8.57. The number of allylic oxidation sites excluding steroid dienone is 4. The molecule has 0 aliphatic heterocycles. The van der Waals surface area contributed by atoms with Crippen LogP contribution in [-0.2, 0) is 21.8 Å². The molecule has 0 saturated carbocycles. The molecule has 0 N–H and O–H groups in total. The van der Waals surface area contributed by atoms with Crippen LogP contribution in [0.5, 0.6) is 0 Å². The van der Waals surface area contributed by atoms with E-state index in [4.69, 9.17) is 4.43 Å². The molecule has 0 aromatic rings. The van der Waals surface area contributed by atoms with Crippen LogP contribution in [0.3, 0.4) is 0 Å². The number of rotatable bonds is 6. The first-order valence-electron chi connectivity index (χ1n) is 8.06. The second-order valence-corrected chi connectivity index (χ2v) is 28.8. The van der Waals surface area contributed by atoms with Crippen molar-refractivity contribution < 1.29 is 21.8 Å². The molecule has 1 atom stereocenters. The Balaban J connectivity index is 0. The third-order valence-corrected chi connectivity index (χ3v) is 15.2. The molecule has 0 aromatic heterocycles. The van der Waals surface area contributed by atoms with Gasteiger partial charge in [0.1, 0.15) is 0 Å². The fraction of sp³-hybridized carbons (Fsp3) is 0.750. The van der Waals surface area contributed by atoms with Crippen molar-refractivity contribution in [1.82, 2.24) is 0 Å². The van der Waals surface area contributed by atoms with Gasteiger partial charge in [-0.15, -0.1) is 24.8 Å². The predicted octanol–water partition coefficient (Wildman–Crippen LogP) is 5.38. The summed E-state index contributed by atoms with van der Waals surface area (Å²) in [6.45, 7) is 16.1. The van der Waals surface area contributed by atoms with E-state index >= 15 is 0 Å². The molecule has 1 aliphatic rings. The van der Waals surface area contributed by atoms with Crippen LogP contribution >= 0.6 is 24.8 Å². The molecule has 7 heteroatoms. The zero-order valence-electron chi connectivity index (χ0n) is 16.0. The van der Waals surface area contributed by atoms with Crippen LogP contribution in [0.1, 0.15) is 34.1 Å². The Morgan fingerprint density at radius 1 is 1.13 bits per heavy atom. The molecule has 137 valence electrons. The normalized spacial score (nSPS) is 19.6. The minimum Gasteiger partial charge on any atom is -0.147 e. The van der Waals surface area contributed by atoms with Gasteiger partial charge in [-0.3, -0.25) is 0 Å². The Bertz CT molecular complexity index is 625. The fourth-order valence-electron chi connectivity index (χ4n) is 3.55. The van der Waals surface area contributed by atoms with Gasteiger partial charge in [-0.2, -0.15) is 0 Å². The molecule has 0 radical (unpaired) electrons. The van der Waals surface area contributed by atoms with E-state index in [9.17, 15) is 3.32 Å². The van der Waals surface area contributed by atoms with E-state index in [2.05, 4.69) is 52.6 Å². The summed E-state index contributed by atoms with van der Waals surface area (Å²) in [4.78, 5) is 0. The Kier molecular flexibility index (Phi) is 9.76. The average Bonchev–Trinajstić information content (AvgIpc) is 2.48. The number of halogens is 2. The molecule has 0 bridgehead atoms. The molecule has 0 fully saturated rings. The van der Waals surface area contributed by atoms with Gasteiger partial charge in [0.25, 0.3) is 0 Å². The van der Waals surface area contributed by atoms with Gasteiger partial charge >= 0.3 is 135 Å². The van der Waals surface area contributed by atoms with Gasteiger partial charge in [0.15, 0.2) is 0 Å². The van der Waals surface area contributed by atoms with Gasteiger partial charge in [0.2, 0.25) is 0 Å². The molecular formula is C16H35Cl2O2Si2Ti. The summed E-state index contributed by atoms with van der Waals surface area (Å²) in [5.74, 6) is 0.361. The molecular weight excluding hydrogens is 399 g/mol. The smallest absolute Gasteiger partial charge is 0.147 e. The molecule has 0 heterocycles. The topological polar surface area (TPSA) is 26.3 Å². The van der Waals surface area contributed by atoms with Gasteiger partial charge in [0, 0.05) is 0 Å². The third kappa shape index (κ3) is 6.65. The van der Waals surface area contributed by atoms with Crippen LogP contribution in [0.25, 0.3) is 0 Å². The SMILES string of the molecule is CC1=C(C)C(C)[C]([Ti]([CH3])(=[O])(=[SiH2])[CH2]CCO[Si](C)(C)C)=C1C.Cl.Cl. The van der Waals surface area contributed by atoms with Crippen molar-refractivity contribution >= 4 is 40.8 Å². The van der Waals surface area contributed by atoms with Gasteiger partial charge in [-0.05, 0) is 0 Å². The molecule has 0 aromatic carbocycles. The summed E-state index contributed by atoms with van der Waals surface area (Å²) in [5.41, 5.74) is 4.06. The zero-order valence-corrected chi connectivity index (χ0v) is 21.6. The van der Waals surface area contributed by atoms with Crippen LogP contribution in [0.2, 0.25) is 29.6 Å². The standard InChI is InChI=1S/C9H13.C6H15OSi.CH3.2ClH.O.H2Si.Ti/c1-6-5-7(2)9(4)8(6)3;1-5-6-7-8(2,3)4;;;;;;/h6H,1-4H3;1,5-6H2,2-4H3;1H3;2*1H;;1H2;. The van der Waals surface area contributed by atoms with Crippen molar-refractivity contribution in [3.05, 3.63) is 20.6 Å². The van der Waals surface area contributed by atoms with E-state index in [0.29, 0.717) is 5.92 Å². The fourth-order valence-corrected chi connectivity index (χ4v) is 14.0. The van der Waals surface area contributed by atoms with E-state index < -0.39 is 22.3 Å². The van der Waals surface area contributed by atoms with E-state index in [1.54, 1.807) is 0 Å². The molecule has 2 nitrogen and oxygen atoms in total. The van der Waals surface area contributed by atoms with Crippen molar-refractivity contribution in [2.45, 2.75) is 63.7 Å². The molecule has 0 amide bonds. The Labute approximate surface area is 158 Å². The van der Waals surface area contributed by atoms with E-state index in [-0.39, 0.29) is 24.8 Å². The first-order valence-corrected chi connectivity index (χ1v) is 19.6. The Morgan fingerprint density at radius 2 is 1.61 bits per heavy atom. The van der Waals surface area contributed by atoms with Gasteiger partial charge in [0.05, 0.1) is 0 Å². The maximum atomic E-state index is 13.8. The van der Waals surface area contributed by atoms with Crippen LogP contribution < -0.4 is 0 Å². The monoisotopic (exact) mass is 433 g/mol. The molecule has 1 rings (SSSR count). The number of hydrogen-bond acceptors (Lipinski definition) is 2. The van der Waals surface area contributed by atoms with E-state index in [1.807, 2.05) is 7.63 Å². The molecule has 23 heavy (non-hydrogen) atoms. The second-order valence-electron chi connectivity index (χ2n) is 8.29. The van der Waals surface area contributed by atoms with Crippen LogP contribution in [0.4, 0.5) is 0 Å². The Hall–Kier alpha value is 0.968. The Morgan fingerprint density at radius 3 is 1.96 bits per heavy atom. The van der Waals surface area contributed by atoms with Crippen LogP contribution in [-0.4, -0.2) is 22.6 Å². The summed E-state index contributed by atoms with van der Waals surface area (Å²) in [7, 11) is 0.357. The first kappa shape index (κ1) is 26.2. The van der Waals surface area contributed by atoms with Crippen molar-refractivity contribution in [3.8, 4) is 0 Å². The average molecular weight is 434 g/mol. The molecule has 1 aliphatic carbocycles. The largest absolute Gasteiger partial charge is 0.147 e. The minimum atomic E-state index is -3.77. The van der Waals surface area contributed by atoms with E-state index in [0.717, 1.165) is 17.8 Å². The zero-order chi connectivity index (χ0) is 16.7. The van der Waals surface area contributed by atoms with Crippen LogP contribution in [0, 0.1) is 5.92 Å². The number of hydrogen-bond donors (Lipinski definition) is 0. The summed E-state index contributed by atoms with van der Waals surface area (Å²) < 4.78 is 21.8. The summed E-state index contributed by atoms with van der Waals surface area (Å²) >= 11 is -3.77. The predicted molar refractivity (Wildman–Crippen MR) is 109 cm³/mol. The van der Waals surface area contributed by atoms with Gasteiger partial charge in [-0.1, -0.05) is 0 Å². The van der Waals surface area contributed by atoms with Crippen molar-refractivity contribution in [2.75, 3.05) is 6.61 Å². The summed E-state index contributed by atoms with van der Waals surface area (Å²) in [6, 6.07) is 0. The summed E-state index contributed by atoms with van der Waals surface area (Å²) in [6.07, 6.45) is 0.923. The molecule has 0 saturated heterocycles. The molecule has 1 unspecified atom stereocenters. The molecule has 0 spiro atoms. The van der Waals surface area contributed by atoms with Crippen molar-refractivity contribution in [1.29, 1.82) is 0 Å². The summed E-state index contributed by atoms with van der Waals surface area (Å²) in [5, 5.41) is 2.07. The third-order valence-electron chi connectivity index (χ3n) is 4.91. The maximum Gasteiger partial charge on any atom is -0.147 e. The quantitative estimate of drug-likeness (QED) is 0.414. The van der Waals surface area contributed by atoms with E-state index in [1.165, 1.54) is 20.6 Å². The van der Waals surface area contributed by atoms with Gasteiger partial charge in [-0.25, -0.2) is 0 Å². The van der Waals surface area contributed by atoms with Crippen LogP contribution in [0.15, 0.2) is 20.6 Å².